The molecule has 134 valence electrons. The van der Waals surface area contributed by atoms with Crippen molar-refractivity contribution in [2.24, 2.45) is 0 Å². The number of amides is 1. The Morgan fingerprint density at radius 2 is 2.12 bits per heavy atom. The smallest absolute Gasteiger partial charge is 0.341 e. The molecule has 0 saturated heterocycles. The van der Waals surface area contributed by atoms with Crippen LogP contribution >= 0.6 is 11.3 Å². The molecule has 2 aromatic heterocycles. The van der Waals surface area contributed by atoms with Crippen LogP contribution in [0.25, 0.3) is 6.08 Å². The first-order valence-electron chi connectivity index (χ1n) is 8.26. The van der Waals surface area contributed by atoms with Gasteiger partial charge in [-0.2, -0.15) is 5.26 Å². The molecule has 2 aromatic rings. The summed E-state index contributed by atoms with van der Waals surface area (Å²) in [5.41, 5.74) is 1.26. The van der Waals surface area contributed by atoms with E-state index in [0.29, 0.717) is 22.1 Å². The van der Waals surface area contributed by atoms with Gasteiger partial charge in [0.15, 0.2) is 0 Å². The number of aryl methyl sites for hydroxylation is 2. The van der Waals surface area contributed by atoms with E-state index in [0.717, 1.165) is 36.1 Å². The molecule has 6 nitrogen and oxygen atoms in total. The second-order valence-corrected chi connectivity index (χ2v) is 7.08. The number of ether oxygens (including phenoxy) is 1. The van der Waals surface area contributed by atoms with Crippen LogP contribution in [0.1, 0.15) is 45.2 Å². The first-order chi connectivity index (χ1) is 12.5. The molecule has 0 spiro atoms. The molecule has 0 unspecified atom stereocenters. The molecule has 1 amide bonds. The minimum Gasteiger partial charge on any atom is -0.465 e. The molecule has 2 heterocycles. The van der Waals surface area contributed by atoms with Gasteiger partial charge in [0.05, 0.1) is 12.7 Å². The molecule has 7 heteroatoms. The molecule has 3 rings (SSSR count). The lowest BCUT2D eigenvalue weighted by Crippen LogP contribution is -2.16. The number of hydrogen-bond acceptors (Lipinski definition) is 6. The standard InChI is InChI=1S/C19H18N2O4S/c1-11-7-8-13(25-11)9-12(10-20)17(22)21-18-16(19(23)24-2)14-5-3-4-6-15(14)26-18/h7-9H,3-6H2,1-2H3,(H,21,22)/b12-9-. The van der Waals surface area contributed by atoms with Crippen LogP contribution in [-0.2, 0) is 22.4 Å². The van der Waals surface area contributed by atoms with Crippen LogP contribution in [0.3, 0.4) is 0 Å². The molecule has 1 aliphatic carbocycles. The SMILES string of the molecule is COC(=O)c1c(NC(=O)/C(C#N)=C\c2ccc(C)o2)sc2c1CCCC2. The summed E-state index contributed by atoms with van der Waals surface area (Å²) < 4.78 is 10.3. The maximum Gasteiger partial charge on any atom is 0.341 e. The predicted octanol–water partition coefficient (Wildman–Crippen LogP) is 3.86. The number of thiophene rings is 1. The number of methoxy groups -OCH3 is 1. The molecule has 0 saturated carbocycles. The lowest BCUT2D eigenvalue weighted by molar-refractivity contribution is -0.112. The van der Waals surface area contributed by atoms with Gasteiger partial charge in [0.1, 0.15) is 28.2 Å². The van der Waals surface area contributed by atoms with E-state index in [2.05, 4.69) is 5.32 Å². The third-order valence-electron chi connectivity index (χ3n) is 4.20. The first-order valence-corrected chi connectivity index (χ1v) is 9.07. The summed E-state index contributed by atoms with van der Waals surface area (Å²) in [7, 11) is 1.32. The van der Waals surface area contributed by atoms with Gasteiger partial charge in [-0.3, -0.25) is 4.79 Å². The lowest BCUT2D eigenvalue weighted by atomic mass is 9.95. The number of carbonyl (C=O) groups excluding carboxylic acids is 2. The normalized spacial score (nSPS) is 13.7. The van der Waals surface area contributed by atoms with Crippen molar-refractivity contribution in [1.29, 1.82) is 5.26 Å². The van der Waals surface area contributed by atoms with E-state index >= 15 is 0 Å². The number of fused-ring (bicyclic) bond motifs is 1. The average molecular weight is 370 g/mol. The van der Waals surface area contributed by atoms with Crippen LogP contribution in [0.15, 0.2) is 22.1 Å². The molecular weight excluding hydrogens is 352 g/mol. The van der Waals surface area contributed by atoms with Gasteiger partial charge >= 0.3 is 5.97 Å². The Labute approximate surface area is 155 Å². The summed E-state index contributed by atoms with van der Waals surface area (Å²) in [6.45, 7) is 1.78. The quantitative estimate of drug-likeness (QED) is 0.501. The highest BCUT2D eigenvalue weighted by Crippen LogP contribution is 2.38. The van der Waals surface area contributed by atoms with Crippen molar-refractivity contribution >= 4 is 34.3 Å². The number of anilines is 1. The van der Waals surface area contributed by atoms with Crippen LogP contribution in [0.4, 0.5) is 5.00 Å². The summed E-state index contributed by atoms with van der Waals surface area (Å²) in [5, 5.41) is 12.5. The summed E-state index contributed by atoms with van der Waals surface area (Å²) in [6.07, 6.45) is 5.11. The van der Waals surface area contributed by atoms with Gasteiger partial charge in [-0.05, 0) is 50.3 Å². The van der Waals surface area contributed by atoms with Crippen molar-refractivity contribution in [2.45, 2.75) is 32.6 Å². The van der Waals surface area contributed by atoms with Crippen molar-refractivity contribution in [3.63, 3.8) is 0 Å². The Kier molecular flexibility index (Phi) is 5.24. The minimum absolute atomic E-state index is 0.0958. The van der Waals surface area contributed by atoms with Crippen LogP contribution in [-0.4, -0.2) is 19.0 Å². The van der Waals surface area contributed by atoms with E-state index < -0.39 is 11.9 Å². The Morgan fingerprint density at radius 3 is 2.77 bits per heavy atom. The van der Waals surface area contributed by atoms with E-state index in [-0.39, 0.29) is 5.57 Å². The van der Waals surface area contributed by atoms with Crippen molar-refractivity contribution in [3.8, 4) is 6.07 Å². The zero-order chi connectivity index (χ0) is 18.7. The Balaban J connectivity index is 1.91. The second-order valence-electron chi connectivity index (χ2n) is 5.98. The molecule has 0 radical (unpaired) electrons. The Hall–Kier alpha value is -2.85. The van der Waals surface area contributed by atoms with E-state index in [1.807, 2.05) is 6.07 Å². The van der Waals surface area contributed by atoms with Crippen LogP contribution in [0, 0.1) is 18.3 Å². The number of nitrogens with one attached hydrogen (secondary N) is 1. The largest absolute Gasteiger partial charge is 0.465 e. The maximum absolute atomic E-state index is 12.5. The Morgan fingerprint density at radius 1 is 1.35 bits per heavy atom. The van der Waals surface area contributed by atoms with Crippen LogP contribution in [0.5, 0.6) is 0 Å². The van der Waals surface area contributed by atoms with Gasteiger partial charge in [0.25, 0.3) is 5.91 Å². The summed E-state index contributed by atoms with van der Waals surface area (Å²) in [4.78, 5) is 25.9. The van der Waals surface area contributed by atoms with Crippen molar-refractivity contribution in [2.75, 3.05) is 12.4 Å². The van der Waals surface area contributed by atoms with Gasteiger partial charge in [0.2, 0.25) is 0 Å². The molecule has 1 N–H and O–H groups in total. The summed E-state index contributed by atoms with van der Waals surface area (Å²) in [5.74, 6) is 0.0647. The minimum atomic E-state index is -0.578. The number of furan rings is 1. The molecule has 0 aliphatic heterocycles. The van der Waals surface area contributed by atoms with Crippen molar-refractivity contribution < 1.29 is 18.7 Å². The van der Waals surface area contributed by atoms with Crippen LogP contribution < -0.4 is 5.32 Å². The van der Waals surface area contributed by atoms with E-state index in [1.165, 1.54) is 24.5 Å². The average Bonchev–Trinajstić information content (AvgIpc) is 3.21. The number of nitrogens with zero attached hydrogens (tertiary/aromatic N) is 1. The molecular formula is C19H18N2O4S. The van der Waals surface area contributed by atoms with E-state index in [4.69, 9.17) is 9.15 Å². The van der Waals surface area contributed by atoms with Gasteiger partial charge in [0, 0.05) is 11.0 Å². The first kappa shape index (κ1) is 18.0. The number of esters is 1. The maximum atomic E-state index is 12.5. The van der Waals surface area contributed by atoms with Crippen molar-refractivity contribution in [3.05, 3.63) is 45.2 Å². The molecule has 1 aliphatic rings. The molecule has 0 fully saturated rings. The zero-order valence-electron chi connectivity index (χ0n) is 14.5. The highest BCUT2D eigenvalue weighted by atomic mass is 32.1. The number of nitriles is 1. The topological polar surface area (TPSA) is 92.3 Å². The molecule has 26 heavy (non-hydrogen) atoms. The fraction of sp³-hybridized carbons (Fsp3) is 0.316. The summed E-state index contributed by atoms with van der Waals surface area (Å²) in [6, 6.07) is 5.32. The fourth-order valence-corrected chi connectivity index (χ4v) is 4.24. The van der Waals surface area contributed by atoms with Crippen molar-refractivity contribution in [1.82, 2.24) is 0 Å². The summed E-state index contributed by atoms with van der Waals surface area (Å²) >= 11 is 1.38. The van der Waals surface area contributed by atoms with E-state index in [1.54, 1.807) is 19.1 Å². The lowest BCUT2D eigenvalue weighted by Gasteiger charge is -2.11. The molecule has 0 atom stereocenters. The van der Waals surface area contributed by atoms with Gasteiger partial charge in [-0.25, -0.2) is 4.79 Å². The fourth-order valence-electron chi connectivity index (χ4n) is 2.96. The number of rotatable bonds is 4. The number of hydrogen-bond donors (Lipinski definition) is 1. The van der Waals surface area contributed by atoms with Gasteiger partial charge in [-0.15, -0.1) is 11.3 Å². The Bertz CT molecular complexity index is 930. The third kappa shape index (κ3) is 3.55. The van der Waals surface area contributed by atoms with E-state index in [9.17, 15) is 14.9 Å². The highest BCUT2D eigenvalue weighted by molar-refractivity contribution is 7.17. The second kappa shape index (κ2) is 7.58. The number of carbonyl (C=O) groups is 2. The highest BCUT2D eigenvalue weighted by Gasteiger charge is 2.27. The van der Waals surface area contributed by atoms with Gasteiger partial charge < -0.3 is 14.5 Å². The van der Waals surface area contributed by atoms with Crippen LogP contribution in [0.2, 0.25) is 0 Å². The molecule has 0 aromatic carbocycles. The monoisotopic (exact) mass is 370 g/mol. The molecule has 0 bridgehead atoms. The van der Waals surface area contributed by atoms with Gasteiger partial charge in [-0.1, -0.05) is 0 Å². The third-order valence-corrected chi connectivity index (χ3v) is 5.41. The predicted molar refractivity (Wildman–Crippen MR) is 98.0 cm³/mol. The zero-order valence-corrected chi connectivity index (χ0v) is 15.4.